The van der Waals surface area contributed by atoms with Crippen molar-refractivity contribution in [1.29, 1.82) is 0 Å². The second-order valence-electron chi connectivity index (χ2n) is 11.7. The summed E-state index contributed by atoms with van der Waals surface area (Å²) in [7, 11) is 0. The van der Waals surface area contributed by atoms with Gasteiger partial charge in [0.25, 0.3) is 0 Å². The molecular weight excluding hydrogens is 565 g/mol. The molecule has 0 atom stereocenters. The molecule has 210 valence electrons. The van der Waals surface area contributed by atoms with E-state index in [0.29, 0.717) is 0 Å². The summed E-state index contributed by atoms with van der Waals surface area (Å²) in [5, 5.41) is 10.00. The van der Waals surface area contributed by atoms with Crippen molar-refractivity contribution in [2.75, 3.05) is 9.80 Å². The van der Waals surface area contributed by atoms with Crippen LogP contribution in [-0.2, 0) is 0 Å². The van der Waals surface area contributed by atoms with E-state index in [1.807, 2.05) is 11.3 Å². The molecule has 0 saturated carbocycles. The fourth-order valence-electron chi connectivity index (χ4n) is 7.37. The quantitative estimate of drug-likeness (QED) is 0.198. The van der Waals surface area contributed by atoms with Gasteiger partial charge >= 0.3 is 0 Å². The van der Waals surface area contributed by atoms with Crippen LogP contribution in [0, 0.1) is 0 Å². The van der Waals surface area contributed by atoms with Gasteiger partial charge < -0.3 is 9.80 Å². The Hall–Kier alpha value is -5.64. The molecule has 0 amide bonds. The molecule has 0 N–H and O–H groups in total. The zero-order valence-electron chi connectivity index (χ0n) is 24.3. The number of anilines is 6. The third-order valence-corrected chi connectivity index (χ3v) is 10.5. The summed E-state index contributed by atoms with van der Waals surface area (Å²) in [4.78, 5) is 5.06. The lowest BCUT2D eigenvalue weighted by Crippen LogP contribution is -2.24. The van der Waals surface area contributed by atoms with Crippen molar-refractivity contribution in [2.24, 2.45) is 0 Å². The van der Waals surface area contributed by atoms with Gasteiger partial charge in [0.15, 0.2) is 0 Å². The first kappa shape index (κ1) is 24.8. The fourth-order valence-corrected chi connectivity index (χ4v) is 8.58. The molecule has 1 aliphatic heterocycles. The number of hydrogen-bond acceptors (Lipinski definition) is 3. The SMILES string of the molecule is c1ccc2c(N3c4ccc5ccccc5c4N(c4cccc5c4sc4ccccc45)c4ccc5ccccc5c43)cccc2c1. The normalized spacial score (nSPS) is 12.8. The smallest absolute Gasteiger partial charge is 0.0782 e. The number of thiophene rings is 1. The first-order valence-corrected chi connectivity index (χ1v) is 16.2. The molecule has 1 aromatic heterocycles. The summed E-state index contributed by atoms with van der Waals surface area (Å²) in [6.07, 6.45) is 0. The molecule has 10 rings (SSSR count). The maximum absolute atomic E-state index is 2.54. The Morgan fingerprint density at radius 2 is 0.778 bits per heavy atom. The molecule has 0 saturated heterocycles. The minimum Gasteiger partial charge on any atom is -0.305 e. The fraction of sp³-hybridized carbons (Fsp3) is 0. The second-order valence-corrected chi connectivity index (χ2v) is 12.8. The highest BCUT2D eigenvalue weighted by Gasteiger charge is 2.34. The molecule has 2 nitrogen and oxygen atoms in total. The Bertz CT molecular complexity index is 2630. The Kier molecular flexibility index (Phi) is 5.19. The van der Waals surface area contributed by atoms with E-state index in [0.717, 1.165) is 0 Å². The highest BCUT2D eigenvalue weighted by atomic mass is 32.1. The molecular formula is C42H26N2S. The van der Waals surface area contributed by atoms with Gasteiger partial charge in [0.1, 0.15) is 0 Å². The molecule has 0 fully saturated rings. The topological polar surface area (TPSA) is 6.48 Å². The standard InChI is InChI=1S/C42H26N2S/c1-4-15-30-27(11-1)14-9-20-35(30)43-36-25-23-29-13-3-6-17-32(29)41(36)44(37-26-24-28-12-2-5-16-31(28)40(37)43)38-21-10-19-34-33-18-7-8-22-39(33)45-42(34)38/h1-26H. The van der Waals surface area contributed by atoms with Gasteiger partial charge in [-0.3, -0.25) is 0 Å². The number of benzene rings is 8. The second kappa shape index (κ2) is 9.43. The molecule has 45 heavy (non-hydrogen) atoms. The summed E-state index contributed by atoms with van der Waals surface area (Å²) < 4.78 is 2.61. The maximum Gasteiger partial charge on any atom is 0.0782 e. The zero-order valence-corrected chi connectivity index (χ0v) is 25.1. The van der Waals surface area contributed by atoms with Crippen LogP contribution in [0.25, 0.3) is 52.5 Å². The number of hydrogen-bond donors (Lipinski definition) is 0. The lowest BCUT2D eigenvalue weighted by atomic mass is 9.95. The lowest BCUT2D eigenvalue weighted by molar-refractivity contribution is 1.20. The van der Waals surface area contributed by atoms with Crippen molar-refractivity contribution in [2.45, 2.75) is 0 Å². The lowest BCUT2D eigenvalue weighted by Gasteiger charge is -2.42. The van der Waals surface area contributed by atoms with E-state index in [-0.39, 0.29) is 0 Å². The Morgan fingerprint density at radius 3 is 1.47 bits per heavy atom. The maximum atomic E-state index is 2.54. The monoisotopic (exact) mass is 590 g/mol. The van der Waals surface area contributed by atoms with Gasteiger partial charge in [-0.15, -0.1) is 11.3 Å². The van der Waals surface area contributed by atoms with Crippen LogP contribution in [0.5, 0.6) is 0 Å². The first-order chi connectivity index (χ1) is 22.3. The largest absolute Gasteiger partial charge is 0.305 e. The summed E-state index contributed by atoms with van der Waals surface area (Å²) in [5.41, 5.74) is 7.14. The average Bonchev–Trinajstić information content (AvgIpc) is 3.49. The van der Waals surface area contributed by atoms with Gasteiger partial charge in [-0.05, 0) is 46.5 Å². The van der Waals surface area contributed by atoms with Crippen LogP contribution in [0.4, 0.5) is 34.1 Å². The van der Waals surface area contributed by atoms with E-state index in [2.05, 4.69) is 168 Å². The number of fused-ring (bicyclic) bond motifs is 10. The summed E-state index contributed by atoms with van der Waals surface area (Å²) in [5.74, 6) is 0. The minimum absolute atomic E-state index is 1.17. The Labute approximate surface area is 264 Å². The van der Waals surface area contributed by atoms with Crippen LogP contribution in [0.1, 0.15) is 0 Å². The molecule has 8 aromatic carbocycles. The van der Waals surface area contributed by atoms with E-state index in [1.54, 1.807) is 0 Å². The average molecular weight is 591 g/mol. The molecule has 0 unspecified atom stereocenters. The molecule has 3 heteroatoms. The zero-order chi connectivity index (χ0) is 29.5. The van der Waals surface area contributed by atoms with Crippen molar-refractivity contribution in [1.82, 2.24) is 0 Å². The van der Waals surface area contributed by atoms with Gasteiger partial charge in [-0.25, -0.2) is 0 Å². The van der Waals surface area contributed by atoms with E-state index >= 15 is 0 Å². The van der Waals surface area contributed by atoms with Gasteiger partial charge in [-0.1, -0.05) is 127 Å². The van der Waals surface area contributed by atoms with E-state index < -0.39 is 0 Å². The van der Waals surface area contributed by atoms with E-state index in [4.69, 9.17) is 0 Å². The number of rotatable bonds is 2. The third kappa shape index (κ3) is 3.50. The van der Waals surface area contributed by atoms with Crippen molar-refractivity contribution >= 4 is 98.0 Å². The molecule has 9 aromatic rings. The first-order valence-electron chi connectivity index (χ1n) is 15.4. The van der Waals surface area contributed by atoms with Crippen LogP contribution in [0.3, 0.4) is 0 Å². The molecule has 0 bridgehead atoms. The van der Waals surface area contributed by atoms with Crippen LogP contribution in [0.15, 0.2) is 158 Å². The van der Waals surface area contributed by atoms with Gasteiger partial charge in [-0.2, -0.15) is 0 Å². The molecule has 0 radical (unpaired) electrons. The molecule has 2 heterocycles. The Morgan fingerprint density at radius 1 is 0.311 bits per heavy atom. The molecule has 0 spiro atoms. The highest BCUT2D eigenvalue weighted by molar-refractivity contribution is 7.26. The summed E-state index contributed by atoms with van der Waals surface area (Å²) in [6, 6.07) is 57.8. The van der Waals surface area contributed by atoms with Gasteiger partial charge in [0.05, 0.1) is 38.8 Å². The van der Waals surface area contributed by atoms with Crippen molar-refractivity contribution in [3.05, 3.63) is 158 Å². The number of nitrogens with zero attached hydrogens (tertiary/aromatic N) is 2. The van der Waals surface area contributed by atoms with Gasteiger partial charge in [0, 0.05) is 31.6 Å². The highest BCUT2D eigenvalue weighted by Crippen LogP contribution is 2.60. The predicted molar refractivity (Wildman–Crippen MR) is 195 cm³/mol. The summed E-state index contributed by atoms with van der Waals surface area (Å²) >= 11 is 1.88. The van der Waals surface area contributed by atoms with Crippen molar-refractivity contribution < 1.29 is 0 Å². The van der Waals surface area contributed by atoms with Crippen LogP contribution < -0.4 is 9.80 Å². The van der Waals surface area contributed by atoms with Crippen LogP contribution in [-0.4, -0.2) is 0 Å². The van der Waals surface area contributed by atoms with Crippen LogP contribution >= 0.6 is 11.3 Å². The van der Waals surface area contributed by atoms with E-state index in [9.17, 15) is 0 Å². The van der Waals surface area contributed by atoms with E-state index in [1.165, 1.54) is 86.6 Å². The summed E-state index contributed by atoms with van der Waals surface area (Å²) in [6.45, 7) is 0. The minimum atomic E-state index is 1.17. The predicted octanol–water partition coefficient (Wildman–Crippen LogP) is 12.8. The van der Waals surface area contributed by atoms with Crippen molar-refractivity contribution in [3.8, 4) is 0 Å². The van der Waals surface area contributed by atoms with Crippen LogP contribution in [0.2, 0.25) is 0 Å². The van der Waals surface area contributed by atoms with Gasteiger partial charge in [0.2, 0.25) is 0 Å². The Balaban J connectivity index is 1.39. The van der Waals surface area contributed by atoms with Crippen molar-refractivity contribution in [3.63, 3.8) is 0 Å². The third-order valence-electron chi connectivity index (χ3n) is 9.32. The molecule has 1 aliphatic rings. The molecule has 0 aliphatic carbocycles.